The van der Waals surface area contributed by atoms with Crippen molar-refractivity contribution in [3.05, 3.63) is 35.3 Å². The third-order valence-corrected chi connectivity index (χ3v) is 4.37. The molecule has 0 aliphatic carbocycles. The van der Waals surface area contributed by atoms with E-state index in [0.29, 0.717) is 17.8 Å². The Balaban J connectivity index is 1.92. The fourth-order valence-electron chi connectivity index (χ4n) is 2.98. The summed E-state index contributed by atoms with van der Waals surface area (Å²) in [6, 6.07) is 4.48. The second-order valence-electron chi connectivity index (χ2n) is 6.15. The summed E-state index contributed by atoms with van der Waals surface area (Å²) in [6.45, 7) is 4.83. The number of primary amides is 1. The molecule has 1 aromatic heterocycles. The van der Waals surface area contributed by atoms with Gasteiger partial charge < -0.3 is 5.73 Å². The van der Waals surface area contributed by atoms with Crippen LogP contribution >= 0.6 is 0 Å². The number of nitrogens with one attached hydrogen (secondary N) is 1. The zero-order valence-corrected chi connectivity index (χ0v) is 13.1. The molecule has 3 rings (SSSR count). The van der Waals surface area contributed by atoms with E-state index in [2.05, 4.69) is 27.2 Å². The minimum absolute atomic E-state index is 0.0742. The van der Waals surface area contributed by atoms with Crippen molar-refractivity contribution in [3.8, 4) is 11.3 Å². The van der Waals surface area contributed by atoms with Crippen molar-refractivity contribution in [2.45, 2.75) is 26.3 Å². The van der Waals surface area contributed by atoms with Crippen molar-refractivity contribution >= 4 is 5.91 Å². The lowest BCUT2D eigenvalue weighted by Gasteiger charge is -2.30. The molecule has 1 aliphatic heterocycles. The second kappa shape index (κ2) is 6.45. The van der Waals surface area contributed by atoms with Crippen molar-refractivity contribution in [1.82, 2.24) is 20.3 Å². The number of carbonyl (C=O) groups excluding carboxylic acids is 1. The number of halogens is 1. The summed E-state index contributed by atoms with van der Waals surface area (Å²) in [4.78, 5) is 13.8. The number of amides is 1. The molecule has 1 aliphatic rings. The van der Waals surface area contributed by atoms with Gasteiger partial charge in [0.15, 0.2) is 5.69 Å². The predicted molar refractivity (Wildman–Crippen MR) is 84.0 cm³/mol. The van der Waals surface area contributed by atoms with Crippen LogP contribution in [-0.4, -0.2) is 39.3 Å². The average Bonchev–Trinajstić information content (AvgIpc) is 2.99. The monoisotopic (exact) mass is 317 g/mol. The Bertz CT molecular complexity index is 706. The summed E-state index contributed by atoms with van der Waals surface area (Å²) >= 11 is 0. The Morgan fingerprint density at radius 3 is 2.83 bits per heavy atom. The van der Waals surface area contributed by atoms with Gasteiger partial charge in [0.2, 0.25) is 0 Å². The van der Waals surface area contributed by atoms with Gasteiger partial charge in [-0.2, -0.15) is 15.4 Å². The number of nitrogens with zero attached hydrogens (tertiary/aromatic N) is 3. The van der Waals surface area contributed by atoms with Crippen LogP contribution in [0.25, 0.3) is 11.3 Å². The van der Waals surface area contributed by atoms with Crippen LogP contribution in [0.2, 0.25) is 0 Å². The van der Waals surface area contributed by atoms with E-state index in [0.717, 1.165) is 37.4 Å². The quantitative estimate of drug-likeness (QED) is 0.902. The number of benzene rings is 1. The smallest absolute Gasteiger partial charge is 0.271 e. The number of H-pyrrole nitrogens is 1. The van der Waals surface area contributed by atoms with Crippen molar-refractivity contribution in [3.63, 3.8) is 0 Å². The maximum atomic E-state index is 13.7. The van der Waals surface area contributed by atoms with Crippen LogP contribution in [0.1, 0.15) is 35.8 Å². The SMILES string of the molecule is CC1CCN(Cc2cc(F)ccc2-c2n[nH]nc2C(N)=O)CC1. The first-order chi connectivity index (χ1) is 11.0. The van der Waals surface area contributed by atoms with E-state index in [-0.39, 0.29) is 11.5 Å². The molecule has 23 heavy (non-hydrogen) atoms. The van der Waals surface area contributed by atoms with E-state index in [1.165, 1.54) is 12.1 Å². The number of nitrogens with two attached hydrogens (primary N) is 1. The molecule has 0 radical (unpaired) electrons. The van der Waals surface area contributed by atoms with Crippen LogP contribution < -0.4 is 5.73 Å². The molecular formula is C16H20FN5O. The molecule has 0 bridgehead atoms. The average molecular weight is 317 g/mol. The highest BCUT2D eigenvalue weighted by atomic mass is 19.1. The van der Waals surface area contributed by atoms with Gasteiger partial charge in [0.05, 0.1) is 0 Å². The molecule has 0 saturated carbocycles. The van der Waals surface area contributed by atoms with Crippen molar-refractivity contribution < 1.29 is 9.18 Å². The third kappa shape index (κ3) is 3.39. The van der Waals surface area contributed by atoms with E-state index >= 15 is 0 Å². The lowest BCUT2D eigenvalue weighted by molar-refractivity contribution is 0.0996. The Kier molecular flexibility index (Phi) is 4.38. The number of hydrogen-bond donors (Lipinski definition) is 2. The van der Waals surface area contributed by atoms with Crippen LogP contribution in [0.5, 0.6) is 0 Å². The van der Waals surface area contributed by atoms with Crippen LogP contribution in [0.3, 0.4) is 0 Å². The molecule has 0 atom stereocenters. The molecular weight excluding hydrogens is 297 g/mol. The van der Waals surface area contributed by atoms with Gasteiger partial charge in [-0.1, -0.05) is 6.92 Å². The van der Waals surface area contributed by atoms with Gasteiger partial charge in [-0.25, -0.2) is 4.39 Å². The van der Waals surface area contributed by atoms with E-state index in [1.807, 2.05) is 0 Å². The molecule has 3 N–H and O–H groups in total. The van der Waals surface area contributed by atoms with Gasteiger partial charge in [0, 0.05) is 12.1 Å². The van der Waals surface area contributed by atoms with Crippen LogP contribution in [-0.2, 0) is 6.54 Å². The summed E-state index contributed by atoms with van der Waals surface area (Å²) in [5.41, 5.74) is 7.25. The summed E-state index contributed by atoms with van der Waals surface area (Å²) in [7, 11) is 0. The van der Waals surface area contributed by atoms with Gasteiger partial charge in [0.25, 0.3) is 5.91 Å². The number of likely N-dealkylation sites (tertiary alicyclic amines) is 1. The summed E-state index contributed by atoms with van der Waals surface area (Å²) in [6.07, 6.45) is 2.28. The maximum Gasteiger partial charge on any atom is 0.271 e. The van der Waals surface area contributed by atoms with Crippen LogP contribution in [0.15, 0.2) is 18.2 Å². The molecule has 1 fully saturated rings. The molecule has 1 saturated heterocycles. The van der Waals surface area contributed by atoms with Crippen LogP contribution in [0, 0.1) is 11.7 Å². The molecule has 2 aromatic rings. The molecule has 0 unspecified atom stereocenters. The Morgan fingerprint density at radius 1 is 1.39 bits per heavy atom. The van der Waals surface area contributed by atoms with Gasteiger partial charge in [-0.15, -0.1) is 0 Å². The number of carbonyl (C=O) groups is 1. The Labute approximate surface area is 133 Å². The number of rotatable bonds is 4. The topological polar surface area (TPSA) is 87.9 Å². The molecule has 1 aromatic carbocycles. The van der Waals surface area contributed by atoms with Gasteiger partial charge in [-0.05, 0) is 55.6 Å². The van der Waals surface area contributed by atoms with Gasteiger partial charge in [-0.3, -0.25) is 9.69 Å². The molecule has 2 heterocycles. The van der Waals surface area contributed by atoms with Crippen molar-refractivity contribution in [2.24, 2.45) is 11.7 Å². The standard InChI is InChI=1S/C16H20FN5O/c1-10-4-6-22(7-5-10)9-11-8-12(17)2-3-13(11)14-15(16(18)23)20-21-19-14/h2-3,8,10H,4-7,9H2,1H3,(H2,18,23)(H,19,20,21). The zero-order valence-electron chi connectivity index (χ0n) is 13.1. The number of piperidine rings is 1. The van der Waals surface area contributed by atoms with Gasteiger partial charge >= 0.3 is 0 Å². The third-order valence-electron chi connectivity index (χ3n) is 4.37. The van der Waals surface area contributed by atoms with Crippen molar-refractivity contribution in [1.29, 1.82) is 0 Å². The first kappa shape index (κ1) is 15.6. The zero-order chi connectivity index (χ0) is 16.4. The highest BCUT2D eigenvalue weighted by Gasteiger charge is 2.21. The molecule has 7 heteroatoms. The Hall–Kier alpha value is -2.28. The second-order valence-corrected chi connectivity index (χ2v) is 6.15. The van der Waals surface area contributed by atoms with Crippen LogP contribution in [0.4, 0.5) is 4.39 Å². The summed E-state index contributed by atoms with van der Waals surface area (Å²) in [5, 5.41) is 10.2. The fourth-order valence-corrected chi connectivity index (χ4v) is 2.98. The largest absolute Gasteiger partial charge is 0.364 e. The molecule has 1 amide bonds. The minimum Gasteiger partial charge on any atom is -0.364 e. The van der Waals surface area contributed by atoms with E-state index in [1.54, 1.807) is 6.07 Å². The normalized spacial score (nSPS) is 16.6. The first-order valence-electron chi connectivity index (χ1n) is 7.76. The fraction of sp³-hybridized carbons (Fsp3) is 0.438. The van der Waals surface area contributed by atoms with Crippen molar-refractivity contribution in [2.75, 3.05) is 13.1 Å². The minimum atomic E-state index is -0.657. The Morgan fingerprint density at radius 2 is 2.13 bits per heavy atom. The molecule has 6 nitrogen and oxygen atoms in total. The molecule has 122 valence electrons. The first-order valence-corrected chi connectivity index (χ1v) is 7.76. The predicted octanol–water partition coefficient (Wildman–Crippen LogP) is 1.94. The van der Waals surface area contributed by atoms with E-state index in [4.69, 9.17) is 5.73 Å². The summed E-state index contributed by atoms with van der Waals surface area (Å²) < 4.78 is 13.7. The highest BCUT2D eigenvalue weighted by Crippen LogP contribution is 2.27. The number of aromatic nitrogens is 3. The lowest BCUT2D eigenvalue weighted by Crippen LogP contribution is -2.32. The van der Waals surface area contributed by atoms with E-state index < -0.39 is 5.91 Å². The number of aromatic amines is 1. The lowest BCUT2D eigenvalue weighted by atomic mass is 9.97. The summed E-state index contributed by atoms with van der Waals surface area (Å²) in [5.74, 6) is -0.232. The molecule has 0 spiro atoms. The van der Waals surface area contributed by atoms with Gasteiger partial charge in [0.1, 0.15) is 11.5 Å². The maximum absolute atomic E-state index is 13.7. The number of hydrogen-bond acceptors (Lipinski definition) is 4. The van der Waals surface area contributed by atoms with E-state index in [9.17, 15) is 9.18 Å². The highest BCUT2D eigenvalue weighted by molar-refractivity contribution is 5.97.